The summed E-state index contributed by atoms with van der Waals surface area (Å²) in [4.78, 5) is 0. The van der Waals surface area contributed by atoms with E-state index in [4.69, 9.17) is 5.73 Å². The molecule has 1 unspecified atom stereocenters. The van der Waals surface area contributed by atoms with E-state index in [0.717, 1.165) is 16.8 Å². The van der Waals surface area contributed by atoms with Crippen LogP contribution in [-0.4, -0.2) is 39.9 Å². The maximum atomic E-state index is 11.5. The van der Waals surface area contributed by atoms with Crippen molar-refractivity contribution in [3.63, 3.8) is 0 Å². The molecular weight excluding hydrogens is 266 g/mol. The average Bonchev–Trinajstić information content (AvgIpc) is 3.03. The van der Waals surface area contributed by atoms with E-state index in [1.807, 2.05) is 6.92 Å². The third-order valence-electron chi connectivity index (χ3n) is 3.52. The molecule has 1 saturated heterocycles. The number of nitrogen functional groups attached to an aromatic ring is 1. The van der Waals surface area contributed by atoms with E-state index in [1.165, 1.54) is 0 Å². The molecule has 0 saturated carbocycles. The minimum absolute atomic E-state index is 0.114. The van der Waals surface area contributed by atoms with Crippen molar-refractivity contribution in [1.29, 1.82) is 0 Å². The van der Waals surface area contributed by atoms with Gasteiger partial charge in [0.05, 0.1) is 23.7 Å². The fourth-order valence-corrected chi connectivity index (χ4v) is 4.12. The second-order valence-electron chi connectivity index (χ2n) is 4.85. The lowest BCUT2D eigenvalue weighted by atomic mass is 10.2. The highest BCUT2D eigenvalue weighted by Crippen LogP contribution is 2.31. The van der Waals surface area contributed by atoms with E-state index in [-0.39, 0.29) is 17.5 Å². The van der Waals surface area contributed by atoms with Crippen LogP contribution >= 0.6 is 0 Å². The van der Waals surface area contributed by atoms with Gasteiger partial charge >= 0.3 is 0 Å². The summed E-state index contributed by atoms with van der Waals surface area (Å²) in [6, 6.07) is -0.163. The van der Waals surface area contributed by atoms with E-state index < -0.39 is 9.84 Å². The first-order chi connectivity index (χ1) is 8.98. The molecule has 0 bridgehead atoms. The van der Waals surface area contributed by atoms with Crippen molar-refractivity contribution in [2.24, 2.45) is 0 Å². The standard InChI is InChI=1S/C11H15N5O2S/c1-7-10(8-4-13-14-5-8)15-16(11(7)12)9-2-3-19(17,18)6-9/h4-5,9H,2-3,6,12H2,1H3,(H,13,14). The molecular formula is C11H15N5O2S. The van der Waals surface area contributed by atoms with Crippen LogP contribution in [-0.2, 0) is 9.84 Å². The van der Waals surface area contributed by atoms with E-state index in [9.17, 15) is 8.42 Å². The molecule has 1 aliphatic rings. The van der Waals surface area contributed by atoms with Gasteiger partial charge in [-0.2, -0.15) is 10.2 Å². The summed E-state index contributed by atoms with van der Waals surface area (Å²) < 4.78 is 24.7. The minimum atomic E-state index is -2.95. The van der Waals surface area contributed by atoms with Crippen LogP contribution in [0.3, 0.4) is 0 Å². The molecule has 19 heavy (non-hydrogen) atoms. The van der Waals surface area contributed by atoms with Crippen molar-refractivity contribution >= 4 is 15.7 Å². The first-order valence-corrected chi connectivity index (χ1v) is 7.84. The highest BCUT2D eigenvalue weighted by Gasteiger charge is 2.31. The number of hydrogen-bond donors (Lipinski definition) is 2. The largest absolute Gasteiger partial charge is 0.384 e. The summed E-state index contributed by atoms with van der Waals surface area (Å²) in [5.41, 5.74) is 8.50. The molecule has 1 atom stereocenters. The maximum Gasteiger partial charge on any atom is 0.152 e. The lowest BCUT2D eigenvalue weighted by molar-refractivity contribution is 0.508. The molecule has 2 aromatic rings. The zero-order valence-corrected chi connectivity index (χ0v) is 11.3. The van der Waals surface area contributed by atoms with Crippen LogP contribution in [0.4, 0.5) is 5.82 Å². The van der Waals surface area contributed by atoms with Crippen LogP contribution in [0, 0.1) is 6.92 Å². The van der Waals surface area contributed by atoms with Gasteiger partial charge in [-0.3, -0.25) is 5.10 Å². The lowest BCUT2D eigenvalue weighted by Gasteiger charge is -2.10. The van der Waals surface area contributed by atoms with Crippen molar-refractivity contribution in [3.05, 3.63) is 18.0 Å². The Morgan fingerprint density at radius 2 is 2.32 bits per heavy atom. The lowest BCUT2D eigenvalue weighted by Crippen LogP contribution is -2.14. The quantitative estimate of drug-likeness (QED) is 0.834. The Labute approximate surface area is 110 Å². The molecule has 8 heteroatoms. The maximum absolute atomic E-state index is 11.5. The number of aromatic amines is 1. The first kappa shape index (κ1) is 12.2. The molecule has 0 aromatic carbocycles. The van der Waals surface area contributed by atoms with Crippen LogP contribution in [0.5, 0.6) is 0 Å². The van der Waals surface area contributed by atoms with Crippen LogP contribution in [0.1, 0.15) is 18.0 Å². The third kappa shape index (κ3) is 2.01. The van der Waals surface area contributed by atoms with Gasteiger partial charge in [-0.15, -0.1) is 0 Å². The number of nitrogens with zero attached hydrogens (tertiary/aromatic N) is 3. The van der Waals surface area contributed by atoms with E-state index >= 15 is 0 Å². The summed E-state index contributed by atoms with van der Waals surface area (Å²) in [7, 11) is -2.95. The van der Waals surface area contributed by atoms with Crippen LogP contribution in [0.2, 0.25) is 0 Å². The Kier molecular flexibility index (Phi) is 2.63. The van der Waals surface area contributed by atoms with E-state index in [0.29, 0.717) is 12.2 Å². The highest BCUT2D eigenvalue weighted by atomic mass is 32.2. The Bertz CT molecular complexity index is 702. The number of H-pyrrole nitrogens is 1. The van der Waals surface area contributed by atoms with Gasteiger partial charge in [0.25, 0.3) is 0 Å². The summed E-state index contributed by atoms with van der Waals surface area (Å²) in [5.74, 6) is 0.846. The fraction of sp³-hybridized carbons (Fsp3) is 0.455. The fourth-order valence-electron chi connectivity index (χ4n) is 2.43. The molecule has 1 aliphatic heterocycles. The van der Waals surface area contributed by atoms with Gasteiger partial charge in [0.2, 0.25) is 0 Å². The summed E-state index contributed by atoms with van der Waals surface area (Å²) in [5, 5.41) is 11.1. The topological polar surface area (TPSA) is 107 Å². The molecule has 0 radical (unpaired) electrons. The second-order valence-corrected chi connectivity index (χ2v) is 7.08. The Morgan fingerprint density at radius 3 is 2.89 bits per heavy atom. The predicted octanol–water partition coefficient (Wildman–Crippen LogP) is 0.523. The molecule has 7 nitrogen and oxygen atoms in total. The van der Waals surface area contributed by atoms with Gasteiger partial charge in [-0.1, -0.05) is 0 Å². The third-order valence-corrected chi connectivity index (χ3v) is 5.27. The van der Waals surface area contributed by atoms with Crippen molar-refractivity contribution < 1.29 is 8.42 Å². The monoisotopic (exact) mass is 281 g/mol. The Morgan fingerprint density at radius 1 is 1.53 bits per heavy atom. The molecule has 3 N–H and O–H groups in total. The van der Waals surface area contributed by atoms with Crippen molar-refractivity contribution in [2.45, 2.75) is 19.4 Å². The minimum Gasteiger partial charge on any atom is -0.384 e. The van der Waals surface area contributed by atoms with Crippen LogP contribution < -0.4 is 5.73 Å². The number of sulfone groups is 1. The van der Waals surface area contributed by atoms with Crippen LogP contribution in [0.25, 0.3) is 11.3 Å². The molecule has 0 spiro atoms. The van der Waals surface area contributed by atoms with Crippen molar-refractivity contribution in [3.8, 4) is 11.3 Å². The normalized spacial score (nSPS) is 21.8. The number of nitrogens with two attached hydrogens (primary N) is 1. The number of nitrogens with one attached hydrogen (secondary N) is 1. The van der Waals surface area contributed by atoms with Crippen molar-refractivity contribution in [2.75, 3.05) is 17.2 Å². The van der Waals surface area contributed by atoms with Gasteiger partial charge in [0, 0.05) is 17.3 Å². The second kappa shape index (κ2) is 4.09. The smallest absolute Gasteiger partial charge is 0.152 e. The SMILES string of the molecule is Cc1c(-c2cn[nH]c2)nn(C2CCS(=O)(=O)C2)c1N. The Hall–Kier alpha value is -1.83. The van der Waals surface area contributed by atoms with Gasteiger partial charge in [-0.25, -0.2) is 13.1 Å². The van der Waals surface area contributed by atoms with Crippen LogP contribution in [0.15, 0.2) is 12.4 Å². The van der Waals surface area contributed by atoms with E-state index in [1.54, 1.807) is 17.1 Å². The molecule has 1 fully saturated rings. The predicted molar refractivity (Wildman–Crippen MR) is 71.3 cm³/mol. The zero-order chi connectivity index (χ0) is 13.6. The van der Waals surface area contributed by atoms with Gasteiger partial charge in [0.1, 0.15) is 11.5 Å². The van der Waals surface area contributed by atoms with Gasteiger partial charge < -0.3 is 5.73 Å². The molecule has 2 aromatic heterocycles. The van der Waals surface area contributed by atoms with E-state index in [2.05, 4.69) is 15.3 Å². The summed E-state index contributed by atoms with van der Waals surface area (Å²) in [6.45, 7) is 1.88. The Balaban J connectivity index is 2.03. The van der Waals surface area contributed by atoms with Gasteiger partial charge in [-0.05, 0) is 13.3 Å². The highest BCUT2D eigenvalue weighted by molar-refractivity contribution is 7.91. The van der Waals surface area contributed by atoms with Crippen molar-refractivity contribution in [1.82, 2.24) is 20.0 Å². The molecule has 102 valence electrons. The molecule has 0 aliphatic carbocycles. The average molecular weight is 281 g/mol. The first-order valence-electron chi connectivity index (χ1n) is 6.02. The number of aromatic nitrogens is 4. The van der Waals surface area contributed by atoms with Gasteiger partial charge in [0.15, 0.2) is 9.84 Å². The molecule has 3 heterocycles. The number of anilines is 1. The molecule has 3 rings (SSSR count). The number of rotatable bonds is 2. The zero-order valence-electron chi connectivity index (χ0n) is 10.5. The summed E-state index contributed by atoms with van der Waals surface area (Å²) in [6.07, 6.45) is 3.98. The summed E-state index contributed by atoms with van der Waals surface area (Å²) >= 11 is 0. The molecule has 0 amide bonds. The number of hydrogen-bond acceptors (Lipinski definition) is 5.